The quantitative estimate of drug-likeness (QED) is 0.856. The highest BCUT2D eigenvalue weighted by molar-refractivity contribution is 5.37. The van der Waals surface area contributed by atoms with E-state index in [1.807, 2.05) is 30.6 Å². The smallest absolute Gasteiger partial charge is 0.135 e. The predicted molar refractivity (Wildman–Crippen MR) is 81.9 cm³/mol. The molecule has 4 heteroatoms. The molecule has 0 amide bonds. The van der Waals surface area contributed by atoms with E-state index in [1.165, 1.54) is 0 Å². The Labute approximate surface area is 120 Å². The summed E-state index contributed by atoms with van der Waals surface area (Å²) < 4.78 is 0. The van der Waals surface area contributed by atoms with Crippen molar-refractivity contribution in [3.05, 3.63) is 48.2 Å². The molecule has 0 N–H and O–H groups in total. The molecule has 0 aliphatic rings. The normalized spacial score (nSPS) is 11.4. The van der Waals surface area contributed by atoms with Crippen molar-refractivity contribution in [3.63, 3.8) is 0 Å². The fourth-order valence-corrected chi connectivity index (χ4v) is 1.87. The van der Waals surface area contributed by atoms with Crippen LogP contribution in [0.4, 0.5) is 5.82 Å². The maximum absolute atomic E-state index is 4.65. The molecule has 0 spiro atoms. The number of anilines is 1. The molecule has 0 bridgehead atoms. The molecule has 0 aromatic carbocycles. The second-order valence-corrected chi connectivity index (χ2v) is 5.98. The van der Waals surface area contributed by atoms with Gasteiger partial charge in [0, 0.05) is 43.5 Å². The number of aromatic nitrogens is 3. The second-order valence-electron chi connectivity index (χ2n) is 5.98. The molecule has 0 radical (unpaired) electrons. The van der Waals surface area contributed by atoms with E-state index >= 15 is 0 Å². The molecule has 0 aliphatic carbocycles. The topological polar surface area (TPSA) is 41.9 Å². The summed E-state index contributed by atoms with van der Waals surface area (Å²) in [5, 5.41) is 0. The number of likely N-dealkylation sites (N-methyl/N-ethyl adjacent to an activating group) is 1. The van der Waals surface area contributed by atoms with Crippen molar-refractivity contribution in [3.8, 4) is 0 Å². The van der Waals surface area contributed by atoms with Crippen LogP contribution in [-0.4, -0.2) is 28.5 Å². The lowest BCUT2D eigenvalue weighted by atomic mass is 9.96. The number of rotatable bonds is 4. The molecule has 2 aromatic heterocycles. The molecule has 0 aliphatic heterocycles. The minimum atomic E-state index is -0.0299. The predicted octanol–water partition coefficient (Wildman–Crippen LogP) is 2.85. The molecular weight excluding hydrogens is 248 g/mol. The van der Waals surface area contributed by atoms with Crippen LogP contribution >= 0.6 is 0 Å². The number of hydrogen-bond donors (Lipinski definition) is 0. The third-order valence-corrected chi connectivity index (χ3v) is 3.13. The van der Waals surface area contributed by atoms with Gasteiger partial charge in [-0.05, 0) is 18.2 Å². The van der Waals surface area contributed by atoms with Crippen LogP contribution in [0.15, 0.2) is 36.7 Å². The molecule has 0 fully saturated rings. The van der Waals surface area contributed by atoms with Gasteiger partial charge in [0.25, 0.3) is 0 Å². The number of pyridine rings is 1. The Hall–Kier alpha value is -1.97. The number of hydrogen-bond acceptors (Lipinski definition) is 4. The third kappa shape index (κ3) is 3.76. The van der Waals surface area contributed by atoms with Gasteiger partial charge in [0.05, 0.1) is 0 Å². The van der Waals surface area contributed by atoms with E-state index in [9.17, 15) is 0 Å². The molecule has 2 aromatic rings. The Balaban J connectivity index is 2.04. The maximum atomic E-state index is 4.65. The maximum Gasteiger partial charge on any atom is 0.135 e. The fraction of sp³-hybridized carbons (Fsp3) is 0.438. The lowest BCUT2D eigenvalue weighted by molar-refractivity contribution is 0.544. The van der Waals surface area contributed by atoms with E-state index in [2.05, 4.69) is 53.7 Å². The summed E-state index contributed by atoms with van der Waals surface area (Å²) in [6.45, 7) is 7.26. The van der Waals surface area contributed by atoms with Gasteiger partial charge in [0.1, 0.15) is 11.6 Å². The molecular formula is C16H22N4. The van der Waals surface area contributed by atoms with Crippen LogP contribution in [0.5, 0.6) is 0 Å². The first-order chi connectivity index (χ1) is 9.47. The zero-order valence-corrected chi connectivity index (χ0v) is 12.7. The lowest BCUT2D eigenvalue weighted by Gasteiger charge is -2.21. The average Bonchev–Trinajstić information content (AvgIpc) is 2.45. The Kier molecular flexibility index (Phi) is 4.32. The summed E-state index contributed by atoms with van der Waals surface area (Å²) in [6, 6.07) is 7.96. The van der Waals surface area contributed by atoms with Gasteiger partial charge in [-0.1, -0.05) is 26.8 Å². The monoisotopic (exact) mass is 270 g/mol. The molecule has 2 heterocycles. The standard InChI is InChI=1S/C16H22N4/c1-16(2,3)15-18-11-8-14(19-15)20(4)12-9-13-7-5-6-10-17-13/h5-8,10-11H,9,12H2,1-4H3. The first-order valence-corrected chi connectivity index (χ1v) is 6.91. The summed E-state index contributed by atoms with van der Waals surface area (Å²) in [7, 11) is 2.05. The highest BCUT2D eigenvalue weighted by atomic mass is 15.2. The fourth-order valence-electron chi connectivity index (χ4n) is 1.87. The zero-order valence-electron chi connectivity index (χ0n) is 12.7. The number of nitrogens with zero attached hydrogens (tertiary/aromatic N) is 4. The summed E-state index contributed by atoms with van der Waals surface area (Å²) in [5.41, 5.74) is 1.07. The Morgan fingerprint density at radius 3 is 2.50 bits per heavy atom. The largest absolute Gasteiger partial charge is 0.359 e. The van der Waals surface area contributed by atoms with Crippen LogP contribution < -0.4 is 4.90 Å². The highest BCUT2D eigenvalue weighted by Crippen LogP contribution is 2.20. The molecule has 0 unspecified atom stereocenters. The molecule has 4 nitrogen and oxygen atoms in total. The molecule has 0 saturated carbocycles. The zero-order chi connectivity index (χ0) is 14.6. The molecule has 0 atom stereocenters. The van der Waals surface area contributed by atoms with E-state index in [-0.39, 0.29) is 5.41 Å². The summed E-state index contributed by atoms with van der Waals surface area (Å²) in [4.78, 5) is 15.5. The lowest BCUT2D eigenvalue weighted by Crippen LogP contribution is -2.24. The summed E-state index contributed by atoms with van der Waals surface area (Å²) >= 11 is 0. The minimum absolute atomic E-state index is 0.0299. The third-order valence-electron chi connectivity index (χ3n) is 3.13. The van der Waals surface area contributed by atoms with Crippen molar-refractivity contribution < 1.29 is 0 Å². The Morgan fingerprint density at radius 2 is 1.85 bits per heavy atom. The van der Waals surface area contributed by atoms with Crippen molar-refractivity contribution in [2.75, 3.05) is 18.5 Å². The van der Waals surface area contributed by atoms with Gasteiger partial charge in [0.15, 0.2) is 0 Å². The van der Waals surface area contributed by atoms with E-state index in [4.69, 9.17) is 0 Å². The van der Waals surface area contributed by atoms with Crippen LogP contribution in [0, 0.1) is 0 Å². The molecule has 106 valence electrons. The van der Waals surface area contributed by atoms with Gasteiger partial charge in [-0.3, -0.25) is 4.98 Å². The van der Waals surface area contributed by atoms with Crippen molar-refractivity contribution in [2.24, 2.45) is 0 Å². The van der Waals surface area contributed by atoms with Gasteiger partial charge < -0.3 is 4.90 Å². The van der Waals surface area contributed by atoms with Gasteiger partial charge in [-0.2, -0.15) is 0 Å². The first-order valence-electron chi connectivity index (χ1n) is 6.91. The summed E-state index contributed by atoms with van der Waals surface area (Å²) in [6.07, 6.45) is 4.57. The van der Waals surface area contributed by atoms with Gasteiger partial charge in [0.2, 0.25) is 0 Å². The minimum Gasteiger partial charge on any atom is -0.359 e. The van der Waals surface area contributed by atoms with Crippen LogP contribution in [-0.2, 0) is 11.8 Å². The average molecular weight is 270 g/mol. The Bertz CT molecular complexity index is 546. The van der Waals surface area contributed by atoms with E-state index in [1.54, 1.807) is 0 Å². The van der Waals surface area contributed by atoms with Crippen LogP contribution in [0.2, 0.25) is 0 Å². The van der Waals surface area contributed by atoms with E-state index in [0.717, 1.165) is 30.3 Å². The van der Waals surface area contributed by atoms with Gasteiger partial charge in [-0.15, -0.1) is 0 Å². The van der Waals surface area contributed by atoms with Gasteiger partial charge >= 0.3 is 0 Å². The summed E-state index contributed by atoms with van der Waals surface area (Å²) in [5.74, 6) is 1.83. The highest BCUT2D eigenvalue weighted by Gasteiger charge is 2.18. The second kappa shape index (κ2) is 5.99. The van der Waals surface area contributed by atoms with Crippen molar-refractivity contribution in [1.82, 2.24) is 15.0 Å². The van der Waals surface area contributed by atoms with E-state index in [0.29, 0.717) is 0 Å². The van der Waals surface area contributed by atoms with Crippen molar-refractivity contribution >= 4 is 5.82 Å². The molecule has 0 saturated heterocycles. The van der Waals surface area contributed by atoms with Gasteiger partial charge in [-0.25, -0.2) is 9.97 Å². The molecule has 2 rings (SSSR count). The molecule has 20 heavy (non-hydrogen) atoms. The SMILES string of the molecule is CN(CCc1ccccn1)c1ccnc(C(C)(C)C)n1. The van der Waals surface area contributed by atoms with Crippen LogP contribution in [0.3, 0.4) is 0 Å². The van der Waals surface area contributed by atoms with E-state index < -0.39 is 0 Å². The van der Waals surface area contributed by atoms with Crippen LogP contribution in [0.25, 0.3) is 0 Å². The Morgan fingerprint density at radius 1 is 1.05 bits per heavy atom. The van der Waals surface area contributed by atoms with Crippen LogP contribution in [0.1, 0.15) is 32.3 Å². The van der Waals surface area contributed by atoms with Crippen molar-refractivity contribution in [2.45, 2.75) is 32.6 Å². The van der Waals surface area contributed by atoms with Crippen molar-refractivity contribution in [1.29, 1.82) is 0 Å². The first kappa shape index (κ1) is 14.4.